The molecule has 2 atom stereocenters. The first-order valence-corrected chi connectivity index (χ1v) is 11.2. The summed E-state index contributed by atoms with van der Waals surface area (Å²) >= 11 is 6.11. The number of halogens is 1. The number of nitrogens with one attached hydrogen (secondary N) is 1. The molecule has 31 heavy (non-hydrogen) atoms. The molecular weight excluding hydrogens is 412 g/mol. The molecule has 1 amide bonds. The summed E-state index contributed by atoms with van der Waals surface area (Å²) in [6, 6.07) is 15.8. The number of carbonyl (C=O) groups is 2. The van der Waals surface area contributed by atoms with E-state index in [0.29, 0.717) is 31.1 Å². The minimum absolute atomic E-state index is 0.0548. The average molecular weight is 439 g/mol. The van der Waals surface area contributed by atoms with Crippen molar-refractivity contribution < 1.29 is 14.3 Å². The number of H-pyrrole nitrogens is 1. The number of benzene rings is 2. The monoisotopic (exact) mass is 438 g/mol. The molecule has 1 fully saturated rings. The molecule has 0 aliphatic carbocycles. The van der Waals surface area contributed by atoms with E-state index in [-0.39, 0.29) is 23.7 Å². The van der Waals surface area contributed by atoms with Crippen molar-refractivity contribution >= 4 is 34.4 Å². The number of piperidine rings is 1. The molecule has 2 unspecified atom stereocenters. The molecule has 2 heterocycles. The third-order valence-corrected chi connectivity index (χ3v) is 6.29. The lowest BCUT2D eigenvalue weighted by Crippen LogP contribution is -2.43. The van der Waals surface area contributed by atoms with E-state index in [4.69, 9.17) is 16.3 Å². The van der Waals surface area contributed by atoms with Crippen LogP contribution in [-0.2, 0) is 14.3 Å². The normalized spacial score (nSPS) is 17.5. The number of esters is 1. The molecule has 3 aromatic rings. The van der Waals surface area contributed by atoms with Crippen LogP contribution in [0, 0.1) is 5.92 Å². The van der Waals surface area contributed by atoms with Gasteiger partial charge in [-0.3, -0.25) is 9.59 Å². The van der Waals surface area contributed by atoms with Crippen LogP contribution in [0.25, 0.3) is 10.9 Å². The molecule has 6 heteroatoms. The van der Waals surface area contributed by atoms with Crippen molar-refractivity contribution in [3.8, 4) is 0 Å². The highest BCUT2D eigenvalue weighted by Gasteiger charge is 2.31. The predicted molar refractivity (Wildman–Crippen MR) is 122 cm³/mol. The van der Waals surface area contributed by atoms with Gasteiger partial charge < -0.3 is 14.6 Å². The second kappa shape index (κ2) is 9.56. The number of nitrogens with zero attached hydrogens (tertiary/aromatic N) is 1. The number of hydrogen-bond acceptors (Lipinski definition) is 3. The first-order valence-electron chi connectivity index (χ1n) is 10.8. The topological polar surface area (TPSA) is 62.4 Å². The van der Waals surface area contributed by atoms with Crippen molar-refractivity contribution in [2.45, 2.75) is 32.1 Å². The summed E-state index contributed by atoms with van der Waals surface area (Å²) in [4.78, 5) is 30.7. The smallest absolute Gasteiger partial charge is 0.310 e. The van der Waals surface area contributed by atoms with E-state index in [1.165, 1.54) is 0 Å². The van der Waals surface area contributed by atoms with Crippen molar-refractivity contribution in [2.24, 2.45) is 5.92 Å². The van der Waals surface area contributed by atoms with E-state index in [2.05, 4.69) is 11.1 Å². The number of likely N-dealkylation sites (tertiary alicyclic amines) is 1. The van der Waals surface area contributed by atoms with E-state index in [1.54, 1.807) is 0 Å². The van der Waals surface area contributed by atoms with E-state index in [1.807, 2.05) is 60.5 Å². The van der Waals surface area contributed by atoms with Crippen molar-refractivity contribution in [2.75, 3.05) is 19.7 Å². The average Bonchev–Trinajstić information content (AvgIpc) is 3.22. The Bertz CT molecular complexity index is 1060. The summed E-state index contributed by atoms with van der Waals surface area (Å²) in [5.74, 6) is -0.492. The fourth-order valence-corrected chi connectivity index (χ4v) is 4.57. The lowest BCUT2D eigenvalue weighted by Gasteiger charge is -2.32. The summed E-state index contributed by atoms with van der Waals surface area (Å²) in [7, 11) is 0. The molecule has 1 aromatic heterocycles. The maximum atomic E-state index is 13.3. The molecule has 1 aliphatic heterocycles. The highest BCUT2D eigenvalue weighted by atomic mass is 35.5. The van der Waals surface area contributed by atoms with Gasteiger partial charge in [0.1, 0.15) is 0 Å². The Kier molecular flexibility index (Phi) is 6.62. The maximum absolute atomic E-state index is 13.3. The van der Waals surface area contributed by atoms with Gasteiger partial charge in [0.2, 0.25) is 5.91 Å². The molecule has 5 nitrogen and oxygen atoms in total. The number of hydrogen-bond donors (Lipinski definition) is 1. The molecule has 4 rings (SSSR count). The van der Waals surface area contributed by atoms with E-state index < -0.39 is 0 Å². The summed E-state index contributed by atoms with van der Waals surface area (Å²) < 4.78 is 5.18. The maximum Gasteiger partial charge on any atom is 0.310 e. The van der Waals surface area contributed by atoms with Gasteiger partial charge in [0.25, 0.3) is 0 Å². The highest BCUT2D eigenvalue weighted by Crippen LogP contribution is 2.35. The number of rotatable bonds is 6. The minimum atomic E-state index is -0.236. The number of fused-ring (bicyclic) bond motifs is 1. The lowest BCUT2D eigenvalue weighted by atomic mass is 9.87. The molecule has 1 N–H and O–H groups in total. The molecule has 0 saturated carbocycles. The van der Waals surface area contributed by atoms with Crippen LogP contribution < -0.4 is 0 Å². The molecule has 2 aromatic carbocycles. The van der Waals surface area contributed by atoms with Gasteiger partial charge in [0.15, 0.2) is 0 Å². The summed E-state index contributed by atoms with van der Waals surface area (Å²) in [5.41, 5.74) is 3.18. The largest absolute Gasteiger partial charge is 0.466 e. The second-order valence-electron chi connectivity index (χ2n) is 8.03. The number of amides is 1. The van der Waals surface area contributed by atoms with E-state index in [0.717, 1.165) is 34.9 Å². The number of carbonyl (C=O) groups excluding carboxylic acids is 2. The van der Waals surface area contributed by atoms with Gasteiger partial charge in [0.05, 0.1) is 12.5 Å². The standard InChI is InChI=1S/C25H27ClN2O3/c1-2-31-25(30)18-6-5-13-28(16-18)24(29)14-21(17-9-11-19(26)12-10-17)22-15-27-23-8-4-3-7-20(22)23/h3-4,7-12,15,18,21,27H,2,5-6,13-14,16H2,1H3. The third kappa shape index (κ3) is 4.77. The number of aromatic amines is 1. The number of para-hydroxylation sites is 1. The van der Waals surface area contributed by atoms with Crippen LogP contribution in [0.2, 0.25) is 5.02 Å². The Morgan fingerprint density at radius 2 is 1.97 bits per heavy atom. The van der Waals surface area contributed by atoms with Gasteiger partial charge in [-0.05, 0) is 49.1 Å². The number of ether oxygens (including phenoxy) is 1. The van der Waals surface area contributed by atoms with Gasteiger partial charge in [0, 0.05) is 47.6 Å². The van der Waals surface area contributed by atoms with Crippen LogP contribution in [0.4, 0.5) is 0 Å². The van der Waals surface area contributed by atoms with Gasteiger partial charge in [-0.1, -0.05) is 41.9 Å². The fourth-order valence-electron chi connectivity index (χ4n) is 4.44. The van der Waals surface area contributed by atoms with Crippen LogP contribution in [0.3, 0.4) is 0 Å². The van der Waals surface area contributed by atoms with Crippen molar-refractivity contribution in [3.05, 3.63) is 70.9 Å². The highest BCUT2D eigenvalue weighted by molar-refractivity contribution is 6.30. The third-order valence-electron chi connectivity index (χ3n) is 6.04. The Balaban J connectivity index is 1.60. The van der Waals surface area contributed by atoms with Crippen LogP contribution in [0.15, 0.2) is 54.7 Å². The Morgan fingerprint density at radius 3 is 2.74 bits per heavy atom. The van der Waals surface area contributed by atoms with Crippen molar-refractivity contribution in [1.29, 1.82) is 0 Å². The van der Waals surface area contributed by atoms with Gasteiger partial charge in [-0.2, -0.15) is 0 Å². The summed E-state index contributed by atoms with van der Waals surface area (Å²) in [5, 5.41) is 1.78. The zero-order valence-corrected chi connectivity index (χ0v) is 18.4. The quantitative estimate of drug-likeness (QED) is 0.541. The molecule has 0 radical (unpaired) electrons. The SMILES string of the molecule is CCOC(=O)C1CCCN(C(=O)CC(c2ccc(Cl)cc2)c2c[nH]c3ccccc23)C1. The molecule has 0 spiro atoms. The van der Waals surface area contributed by atoms with Crippen LogP contribution in [0.1, 0.15) is 43.2 Å². The minimum Gasteiger partial charge on any atom is -0.466 e. The molecule has 162 valence electrons. The molecule has 0 bridgehead atoms. The van der Waals surface area contributed by atoms with Crippen molar-refractivity contribution in [3.63, 3.8) is 0 Å². The second-order valence-corrected chi connectivity index (χ2v) is 8.47. The summed E-state index contributed by atoms with van der Waals surface area (Å²) in [6.07, 6.45) is 3.91. The van der Waals surface area contributed by atoms with Gasteiger partial charge in [-0.15, -0.1) is 0 Å². The fraction of sp³-hybridized carbons (Fsp3) is 0.360. The Morgan fingerprint density at radius 1 is 1.19 bits per heavy atom. The van der Waals surface area contributed by atoms with E-state index in [9.17, 15) is 9.59 Å². The Hall–Kier alpha value is -2.79. The number of aromatic nitrogens is 1. The molecule has 1 aliphatic rings. The predicted octanol–water partition coefficient (Wildman–Crippen LogP) is 5.15. The van der Waals surface area contributed by atoms with Crippen LogP contribution in [-0.4, -0.2) is 41.5 Å². The van der Waals surface area contributed by atoms with Gasteiger partial charge >= 0.3 is 5.97 Å². The van der Waals surface area contributed by atoms with Gasteiger partial charge in [-0.25, -0.2) is 0 Å². The summed E-state index contributed by atoms with van der Waals surface area (Å²) in [6.45, 7) is 3.28. The zero-order valence-electron chi connectivity index (χ0n) is 17.6. The molecule has 1 saturated heterocycles. The van der Waals surface area contributed by atoms with Crippen LogP contribution >= 0.6 is 11.6 Å². The zero-order chi connectivity index (χ0) is 21.8. The van der Waals surface area contributed by atoms with Crippen molar-refractivity contribution in [1.82, 2.24) is 9.88 Å². The molecular formula is C25H27ClN2O3. The van der Waals surface area contributed by atoms with E-state index >= 15 is 0 Å². The lowest BCUT2D eigenvalue weighted by molar-refractivity contribution is -0.151. The van der Waals surface area contributed by atoms with Crippen LogP contribution in [0.5, 0.6) is 0 Å². The Labute approximate surface area is 187 Å². The first-order chi connectivity index (χ1) is 15.1. The first kappa shape index (κ1) is 21.4.